The largest absolute Gasteiger partial charge is 0.299 e. The van der Waals surface area contributed by atoms with Gasteiger partial charge in [0, 0.05) is 11.8 Å². The lowest BCUT2D eigenvalue weighted by molar-refractivity contribution is 0.560. The van der Waals surface area contributed by atoms with Crippen molar-refractivity contribution in [2.75, 3.05) is 5.75 Å². The third-order valence-electron chi connectivity index (χ3n) is 1.65. The number of nitrogens with one attached hydrogen (secondary N) is 2. The molecule has 1 aromatic rings. The van der Waals surface area contributed by atoms with Crippen molar-refractivity contribution >= 4 is 11.8 Å². The number of nitriles is 1. The molecule has 0 aliphatic heterocycles. The fraction of sp³-hybridized carbons (Fsp3) is 0.667. The number of aryl methyl sites for hydroxylation is 1. The standard InChI is InChI=1S/C9H15N5S/c1-6(2)11-8(4-10)5-15-9-12-7(3)13-14-9/h6,8,11H,5H2,1-3H3,(H,12,13,14). The van der Waals surface area contributed by atoms with Gasteiger partial charge in [0.2, 0.25) is 5.16 Å². The van der Waals surface area contributed by atoms with Crippen molar-refractivity contribution in [2.45, 2.75) is 38.0 Å². The van der Waals surface area contributed by atoms with E-state index in [0.717, 1.165) is 5.82 Å². The number of hydrogen-bond donors (Lipinski definition) is 2. The van der Waals surface area contributed by atoms with Gasteiger partial charge in [0.1, 0.15) is 11.9 Å². The SMILES string of the molecule is Cc1nc(SCC(C#N)NC(C)C)n[nH]1. The van der Waals surface area contributed by atoms with Gasteiger partial charge in [-0.3, -0.25) is 10.4 Å². The molecule has 0 spiro atoms. The second kappa shape index (κ2) is 5.73. The van der Waals surface area contributed by atoms with E-state index in [0.29, 0.717) is 17.0 Å². The summed E-state index contributed by atoms with van der Waals surface area (Å²) in [7, 11) is 0. The molecule has 0 saturated carbocycles. The first kappa shape index (κ1) is 12.0. The van der Waals surface area contributed by atoms with Crippen LogP contribution in [0.3, 0.4) is 0 Å². The molecule has 0 aromatic carbocycles. The molecule has 0 amide bonds. The van der Waals surface area contributed by atoms with Gasteiger partial charge in [-0.1, -0.05) is 11.8 Å². The smallest absolute Gasteiger partial charge is 0.208 e. The summed E-state index contributed by atoms with van der Waals surface area (Å²) in [6, 6.07) is 2.36. The van der Waals surface area contributed by atoms with Crippen LogP contribution in [0, 0.1) is 18.3 Å². The Kier molecular flexibility index (Phi) is 4.59. The number of hydrogen-bond acceptors (Lipinski definition) is 5. The average Bonchev–Trinajstić information content (AvgIpc) is 2.58. The van der Waals surface area contributed by atoms with Gasteiger partial charge in [-0.05, 0) is 20.8 Å². The number of H-pyrrole nitrogens is 1. The third kappa shape index (κ3) is 4.32. The van der Waals surface area contributed by atoms with Crippen molar-refractivity contribution in [2.24, 2.45) is 0 Å². The fourth-order valence-corrected chi connectivity index (χ4v) is 1.87. The van der Waals surface area contributed by atoms with Crippen molar-refractivity contribution in [3.05, 3.63) is 5.82 Å². The molecule has 5 nitrogen and oxygen atoms in total. The molecular weight excluding hydrogens is 210 g/mol. The minimum Gasteiger partial charge on any atom is -0.299 e. The maximum Gasteiger partial charge on any atom is 0.208 e. The Morgan fingerprint density at radius 3 is 2.80 bits per heavy atom. The zero-order valence-corrected chi connectivity index (χ0v) is 9.93. The van der Waals surface area contributed by atoms with Crippen molar-refractivity contribution < 1.29 is 0 Å². The number of rotatable bonds is 5. The fourth-order valence-electron chi connectivity index (χ4n) is 1.07. The molecular formula is C9H15N5S. The van der Waals surface area contributed by atoms with Crippen LogP contribution in [0.15, 0.2) is 5.16 Å². The lowest BCUT2D eigenvalue weighted by atomic mass is 10.3. The maximum absolute atomic E-state index is 8.88. The van der Waals surface area contributed by atoms with Gasteiger partial charge in [0.05, 0.1) is 6.07 Å². The molecule has 15 heavy (non-hydrogen) atoms. The van der Waals surface area contributed by atoms with Gasteiger partial charge in [-0.15, -0.1) is 5.10 Å². The summed E-state index contributed by atoms with van der Waals surface area (Å²) in [5.74, 6) is 1.45. The topological polar surface area (TPSA) is 77.4 Å². The van der Waals surface area contributed by atoms with Gasteiger partial charge in [-0.25, -0.2) is 4.98 Å². The summed E-state index contributed by atoms with van der Waals surface area (Å²) >= 11 is 1.48. The first-order valence-corrected chi connectivity index (χ1v) is 5.78. The summed E-state index contributed by atoms with van der Waals surface area (Å²) < 4.78 is 0. The first-order chi connectivity index (χ1) is 7.11. The average molecular weight is 225 g/mol. The van der Waals surface area contributed by atoms with E-state index >= 15 is 0 Å². The summed E-state index contributed by atoms with van der Waals surface area (Å²) in [5.41, 5.74) is 0. The summed E-state index contributed by atoms with van der Waals surface area (Å²) in [6.07, 6.45) is 0. The van der Waals surface area contributed by atoms with Crippen LogP contribution in [0.25, 0.3) is 0 Å². The Morgan fingerprint density at radius 2 is 2.33 bits per heavy atom. The molecule has 1 rings (SSSR count). The summed E-state index contributed by atoms with van der Waals surface area (Å²) in [5, 5.41) is 19.5. The Balaban J connectivity index is 2.38. The highest BCUT2D eigenvalue weighted by Gasteiger charge is 2.10. The van der Waals surface area contributed by atoms with E-state index in [1.165, 1.54) is 11.8 Å². The van der Waals surface area contributed by atoms with Gasteiger partial charge >= 0.3 is 0 Å². The van der Waals surface area contributed by atoms with E-state index in [-0.39, 0.29) is 6.04 Å². The van der Waals surface area contributed by atoms with Crippen molar-refractivity contribution in [3.8, 4) is 6.07 Å². The third-order valence-corrected chi connectivity index (χ3v) is 2.59. The lowest BCUT2D eigenvalue weighted by Crippen LogP contribution is -2.35. The number of aromatic amines is 1. The molecule has 82 valence electrons. The van der Waals surface area contributed by atoms with Gasteiger partial charge < -0.3 is 0 Å². The number of nitrogens with zero attached hydrogens (tertiary/aromatic N) is 3. The molecule has 1 unspecified atom stereocenters. The van der Waals surface area contributed by atoms with Crippen molar-refractivity contribution in [1.82, 2.24) is 20.5 Å². The van der Waals surface area contributed by atoms with Crippen LogP contribution >= 0.6 is 11.8 Å². The van der Waals surface area contributed by atoms with Gasteiger partial charge in [0.25, 0.3) is 0 Å². The lowest BCUT2D eigenvalue weighted by Gasteiger charge is -2.12. The molecule has 1 aromatic heterocycles. The first-order valence-electron chi connectivity index (χ1n) is 4.79. The summed E-state index contributed by atoms with van der Waals surface area (Å²) in [6.45, 7) is 5.89. The Bertz CT molecular complexity index is 341. The van der Waals surface area contributed by atoms with E-state index in [9.17, 15) is 0 Å². The van der Waals surface area contributed by atoms with E-state index in [1.807, 2.05) is 20.8 Å². The Morgan fingerprint density at radius 1 is 1.60 bits per heavy atom. The summed E-state index contributed by atoms with van der Waals surface area (Å²) in [4.78, 5) is 4.16. The van der Waals surface area contributed by atoms with Crippen LogP contribution in [0.2, 0.25) is 0 Å². The Hall–Kier alpha value is -1.06. The highest BCUT2D eigenvalue weighted by molar-refractivity contribution is 7.99. The predicted octanol–water partition coefficient (Wildman–Crippen LogP) is 1.10. The van der Waals surface area contributed by atoms with Crippen molar-refractivity contribution in [3.63, 3.8) is 0 Å². The second-order valence-corrected chi connectivity index (χ2v) is 4.50. The molecule has 2 N–H and O–H groups in total. The molecule has 0 saturated heterocycles. The molecule has 0 aliphatic carbocycles. The van der Waals surface area contributed by atoms with Crippen LogP contribution < -0.4 is 5.32 Å². The molecule has 0 fully saturated rings. The Labute approximate surface area is 93.7 Å². The van der Waals surface area contributed by atoms with Crippen LogP contribution in [0.5, 0.6) is 0 Å². The second-order valence-electron chi connectivity index (χ2n) is 3.52. The predicted molar refractivity (Wildman–Crippen MR) is 59.5 cm³/mol. The molecule has 6 heteroatoms. The van der Waals surface area contributed by atoms with E-state index < -0.39 is 0 Å². The van der Waals surface area contributed by atoms with Gasteiger partial charge in [-0.2, -0.15) is 5.26 Å². The quantitative estimate of drug-likeness (QED) is 0.734. The zero-order chi connectivity index (χ0) is 11.3. The van der Waals surface area contributed by atoms with Crippen molar-refractivity contribution in [1.29, 1.82) is 5.26 Å². The molecule has 1 heterocycles. The molecule has 0 radical (unpaired) electrons. The number of thioether (sulfide) groups is 1. The van der Waals surface area contributed by atoms with E-state index in [1.54, 1.807) is 0 Å². The highest BCUT2D eigenvalue weighted by Crippen LogP contribution is 2.13. The zero-order valence-electron chi connectivity index (χ0n) is 9.11. The molecule has 0 aliphatic rings. The minimum absolute atomic E-state index is 0.159. The van der Waals surface area contributed by atoms with E-state index in [4.69, 9.17) is 5.26 Å². The van der Waals surface area contributed by atoms with Crippen LogP contribution in [-0.2, 0) is 0 Å². The number of aromatic nitrogens is 3. The van der Waals surface area contributed by atoms with Crippen LogP contribution in [-0.4, -0.2) is 33.0 Å². The minimum atomic E-state index is -0.159. The normalized spacial score (nSPS) is 12.7. The molecule has 1 atom stereocenters. The molecule has 0 bridgehead atoms. The van der Waals surface area contributed by atoms with Crippen LogP contribution in [0.1, 0.15) is 19.7 Å². The van der Waals surface area contributed by atoms with Crippen LogP contribution in [0.4, 0.5) is 0 Å². The maximum atomic E-state index is 8.88. The van der Waals surface area contributed by atoms with E-state index in [2.05, 4.69) is 26.6 Å². The van der Waals surface area contributed by atoms with Gasteiger partial charge in [0.15, 0.2) is 0 Å². The highest BCUT2D eigenvalue weighted by atomic mass is 32.2. The monoisotopic (exact) mass is 225 g/mol.